The molecule has 0 aromatic rings. The highest BCUT2D eigenvalue weighted by molar-refractivity contribution is 4.93. The Bertz CT molecular complexity index is 220. The minimum Gasteiger partial charge on any atom is -0.292 e. The Hall–Kier alpha value is -0.180. The van der Waals surface area contributed by atoms with Crippen molar-refractivity contribution in [2.75, 3.05) is 13.1 Å². The molecule has 1 heterocycles. The molecular formula is C14H27F2N. The largest absolute Gasteiger partial charge is 0.292 e. The molecular weight excluding hydrogens is 220 g/mol. The SMILES string of the molecule is CCCCC(C)(CCCC)N1CCC(F)(F)C1. The summed E-state index contributed by atoms with van der Waals surface area (Å²) in [5.41, 5.74) is -0.00799. The topological polar surface area (TPSA) is 3.24 Å². The summed E-state index contributed by atoms with van der Waals surface area (Å²) in [6.45, 7) is 7.05. The second-order valence-electron chi connectivity index (χ2n) is 5.73. The first-order valence-corrected chi connectivity index (χ1v) is 7.06. The van der Waals surface area contributed by atoms with Crippen LogP contribution in [0, 0.1) is 0 Å². The van der Waals surface area contributed by atoms with Gasteiger partial charge < -0.3 is 0 Å². The number of likely N-dealkylation sites (tertiary alicyclic amines) is 1. The second kappa shape index (κ2) is 6.12. The predicted molar refractivity (Wildman–Crippen MR) is 68.6 cm³/mol. The highest BCUT2D eigenvalue weighted by Crippen LogP contribution is 2.36. The maximum absolute atomic E-state index is 13.3. The van der Waals surface area contributed by atoms with Gasteiger partial charge in [0.05, 0.1) is 6.54 Å². The molecule has 0 aromatic heterocycles. The molecule has 0 aromatic carbocycles. The summed E-state index contributed by atoms with van der Waals surface area (Å²) < 4.78 is 26.7. The van der Waals surface area contributed by atoms with E-state index in [-0.39, 0.29) is 18.5 Å². The first-order valence-electron chi connectivity index (χ1n) is 7.06. The zero-order valence-electron chi connectivity index (χ0n) is 11.6. The molecule has 0 atom stereocenters. The first kappa shape index (κ1) is 14.9. The number of nitrogens with zero attached hydrogens (tertiary/aromatic N) is 1. The van der Waals surface area contributed by atoms with Crippen LogP contribution in [0.1, 0.15) is 65.7 Å². The predicted octanol–water partition coefficient (Wildman–Crippen LogP) is 4.47. The van der Waals surface area contributed by atoms with Crippen LogP contribution in [0.25, 0.3) is 0 Å². The summed E-state index contributed by atoms with van der Waals surface area (Å²) in [6.07, 6.45) is 6.72. The van der Waals surface area contributed by atoms with Crippen LogP contribution in [-0.4, -0.2) is 29.5 Å². The number of hydrogen-bond donors (Lipinski definition) is 0. The van der Waals surface area contributed by atoms with E-state index in [0.29, 0.717) is 6.54 Å². The van der Waals surface area contributed by atoms with Crippen LogP contribution in [0.4, 0.5) is 8.78 Å². The van der Waals surface area contributed by atoms with E-state index in [9.17, 15) is 8.78 Å². The lowest BCUT2D eigenvalue weighted by Gasteiger charge is -2.39. The van der Waals surface area contributed by atoms with Crippen molar-refractivity contribution in [3.63, 3.8) is 0 Å². The molecule has 1 nitrogen and oxygen atoms in total. The molecule has 102 valence electrons. The Morgan fingerprint density at radius 1 is 1.12 bits per heavy atom. The zero-order valence-corrected chi connectivity index (χ0v) is 11.6. The van der Waals surface area contributed by atoms with Crippen molar-refractivity contribution in [1.29, 1.82) is 0 Å². The molecule has 1 fully saturated rings. The molecule has 0 spiro atoms. The van der Waals surface area contributed by atoms with Crippen LogP contribution in [0.2, 0.25) is 0 Å². The highest BCUT2D eigenvalue weighted by Gasteiger charge is 2.44. The van der Waals surface area contributed by atoms with Crippen molar-refractivity contribution in [2.45, 2.75) is 77.2 Å². The van der Waals surface area contributed by atoms with Crippen LogP contribution >= 0.6 is 0 Å². The molecule has 0 aliphatic carbocycles. The zero-order chi connectivity index (χ0) is 12.9. The molecule has 0 bridgehead atoms. The average molecular weight is 247 g/mol. The number of halogens is 2. The van der Waals surface area contributed by atoms with Crippen LogP contribution in [-0.2, 0) is 0 Å². The van der Waals surface area contributed by atoms with Gasteiger partial charge in [-0.05, 0) is 19.8 Å². The smallest absolute Gasteiger partial charge is 0.261 e. The van der Waals surface area contributed by atoms with Crippen LogP contribution in [0.5, 0.6) is 0 Å². The van der Waals surface area contributed by atoms with Crippen LogP contribution in [0.15, 0.2) is 0 Å². The summed E-state index contributed by atoms with van der Waals surface area (Å²) in [5, 5.41) is 0. The Labute approximate surface area is 105 Å². The fraction of sp³-hybridized carbons (Fsp3) is 1.00. The number of rotatable bonds is 7. The third-order valence-corrected chi connectivity index (χ3v) is 4.07. The molecule has 0 unspecified atom stereocenters. The summed E-state index contributed by atoms with van der Waals surface area (Å²) in [4.78, 5) is 2.04. The fourth-order valence-electron chi connectivity index (χ4n) is 2.75. The Kier molecular flexibility index (Phi) is 5.36. The van der Waals surface area contributed by atoms with Gasteiger partial charge in [0.2, 0.25) is 0 Å². The van der Waals surface area contributed by atoms with E-state index in [1.54, 1.807) is 0 Å². The number of unbranched alkanes of at least 4 members (excludes halogenated alkanes) is 2. The molecule has 0 N–H and O–H groups in total. The summed E-state index contributed by atoms with van der Waals surface area (Å²) in [6, 6.07) is 0. The summed E-state index contributed by atoms with van der Waals surface area (Å²) in [7, 11) is 0. The molecule has 0 amide bonds. The van der Waals surface area contributed by atoms with E-state index < -0.39 is 5.92 Å². The van der Waals surface area contributed by atoms with Gasteiger partial charge >= 0.3 is 0 Å². The first-order chi connectivity index (χ1) is 7.93. The molecule has 0 saturated carbocycles. The average Bonchev–Trinajstić information content (AvgIpc) is 2.65. The van der Waals surface area contributed by atoms with Gasteiger partial charge in [-0.25, -0.2) is 8.78 Å². The Morgan fingerprint density at radius 3 is 2.00 bits per heavy atom. The van der Waals surface area contributed by atoms with E-state index >= 15 is 0 Å². The van der Waals surface area contributed by atoms with Crippen molar-refractivity contribution in [3.05, 3.63) is 0 Å². The Morgan fingerprint density at radius 2 is 1.65 bits per heavy atom. The lowest BCUT2D eigenvalue weighted by molar-refractivity contribution is -0.00598. The normalized spacial score (nSPS) is 21.0. The quantitative estimate of drug-likeness (QED) is 0.641. The van der Waals surface area contributed by atoms with Gasteiger partial charge in [-0.3, -0.25) is 4.90 Å². The van der Waals surface area contributed by atoms with Crippen LogP contribution < -0.4 is 0 Å². The molecule has 17 heavy (non-hydrogen) atoms. The van der Waals surface area contributed by atoms with Crippen molar-refractivity contribution >= 4 is 0 Å². The molecule has 1 aliphatic heterocycles. The van der Waals surface area contributed by atoms with Gasteiger partial charge in [0, 0.05) is 18.5 Å². The Balaban J connectivity index is 2.62. The van der Waals surface area contributed by atoms with Crippen molar-refractivity contribution in [2.24, 2.45) is 0 Å². The van der Waals surface area contributed by atoms with Gasteiger partial charge in [0.15, 0.2) is 0 Å². The minimum atomic E-state index is -2.46. The second-order valence-corrected chi connectivity index (χ2v) is 5.73. The highest BCUT2D eigenvalue weighted by atomic mass is 19.3. The molecule has 1 aliphatic rings. The monoisotopic (exact) mass is 247 g/mol. The third kappa shape index (κ3) is 4.20. The van der Waals surface area contributed by atoms with Gasteiger partial charge in [-0.1, -0.05) is 39.5 Å². The van der Waals surface area contributed by atoms with E-state index in [4.69, 9.17) is 0 Å². The van der Waals surface area contributed by atoms with E-state index in [1.807, 2.05) is 4.90 Å². The van der Waals surface area contributed by atoms with Crippen LogP contribution in [0.3, 0.4) is 0 Å². The molecule has 1 saturated heterocycles. The fourth-order valence-corrected chi connectivity index (χ4v) is 2.75. The molecule has 3 heteroatoms. The summed E-state index contributed by atoms with van der Waals surface area (Å²) >= 11 is 0. The minimum absolute atomic E-state index is 0.00799. The number of hydrogen-bond acceptors (Lipinski definition) is 1. The van der Waals surface area contributed by atoms with Crippen molar-refractivity contribution in [3.8, 4) is 0 Å². The van der Waals surface area contributed by atoms with Crippen molar-refractivity contribution < 1.29 is 8.78 Å². The van der Waals surface area contributed by atoms with Gasteiger partial charge in [-0.2, -0.15) is 0 Å². The summed E-state index contributed by atoms with van der Waals surface area (Å²) in [5.74, 6) is -2.46. The van der Waals surface area contributed by atoms with Gasteiger partial charge in [0.1, 0.15) is 0 Å². The molecule has 1 rings (SSSR count). The third-order valence-electron chi connectivity index (χ3n) is 4.07. The lowest BCUT2D eigenvalue weighted by Crippen LogP contribution is -2.46. The maximum atomic E-state index is 13.3. The van der Waals surface area contributed by atoms with Gasteiger partial charge in [-0.15, -0.1) is 0 Å². The van der Waals surface area contributed by atoms with Gasteiger partial charge in [0.25, 0.3) is 5.92 Å². The van der Waals surface area contributed by atoms with E-state index in [0.717, 1.165) is 38.5 Å². The maximum Gasteiger partial charge on any atom is 0.261 e. The van der Waals surface area contributed by atoms with Crippen molar-refractivity contribution in [1.82, 2.24) is 4.90 Å². The molecule has 0 radical (unpaired) electrons. The number of alkyl halides is 2. The lowest BCUT2D eigenvalue weighted by atomic mass is 9.87. The van der Waals surface area contributed by atoms with E-state index in [2.05, 4.69) is 20.8 Å². The van der Waals surface area contributed by atoms with E-state index in [1.165, 1.54) is 0 Å². The standard InChI is InChI=1S/C14H27F2N/c1-4-6-8-13(3,9-7-5-2)17-11-10-14(15,16)12-17/h4-12H2,1-3H3.